The van der Waals surface area contributed by atoms with E-state index in [0.717, 1.165) is 83.5 Å². The maximum absolute atomic E-state index is 12.8. The number of allylic oxidation sites excluding steroid dienone is 2. The summed E-state index contributed by atoms with van der Waals surface area (Å²) in [4.78, 5) is 35.7. The molecule has 0 spiro atoms. The summed E-state index contributed by atoms with van der Waals surface area (Å²) in [6, 6.07) is 0. The van der Waals surface area contributed by atoms with Crippen molar-refractivity contribution in [1.82, 2.24) is 0 Å². The lowest BCUT2D eigenvalue weighted by Crippen LogP contribution is -2.64. The predicted molar refractivity (Wildman–Crippen MR) is 230 cm³/mol. The molecule has 0 aromatic heterocycles. The number of esters is 2. The Bertz CT molecular complexity index is 1170. The Morgan fingerprint density at radius 3 is 1.50 bits per heavy atom. The maximum Gasteiger partial charge on any atom is 0.472 e. The van der Waals surface area contributed by atoms with Gasteiger partial charge in [0, 0.05) is 12.8 Å². The average molecular weight is 879 g/mol. The number of phosphoric ester groups is 1. The fourth-order valence-corrected chi connectivity index (χ4v) is 8.57. The van der Waals surface area contributed by atoms with Crippen molar-refractivity contribution < 1.29 is 67.8 Å². The van der Waals surface area contributed by atoms with Crippen LogP contribution < -0.4 is 0 Å². The number of aliphatic hydroxyl groups excluding tert-OH is 5. The third-order valence-electron chi connectivity index (χ3n) is 11.5. The number of carbonyl (C=O) groups is 2. The summed E-state index contributed by atoms with van der Waals surface area (Å²) in [5.74, 6) is -1.11. The molecule has 1 saturated carbocycles. The van der Waals surface area contributed by atoms with Crippen LogP contribution in [0, 0.1) is 0 Å². The molecule has 0 radical (unpaired) electrons. The zero-order valence-corrected chi connectivity index (χ0v) is 37.9. The van der Waals surface area contributed by atoms with E-state index in [1.165, 1.54) is 70.6 Å². The molecule has 8 atom stereocenters. The summed E-state index contributed by atoms with van der Waals surface area (Å²) in [6.45, 7) is 3.27. The van der Waals surface area contributed by atoms with Gasteiger partial charge in [-0.25, -0.2) is 4.57 Å². The number of hydrogen-bond donors (Lipinski definition) is 6. The Morgan fingerprint density at radius 2 is 0.983 bits per heavy atom. The van der Waals surface area contributed by atoms with Gasteiger partial charge in [-0.3, -0.25) is 18.6 Å². The Hall–Kier alpha value is -1.45. The first-order valence-corrected chi connectivity index (χ1v) is 25.1. The quantitative estimate of drug-likeness (QED) is 0.0114. The predicted octanol–water partition coefficient (Wildman–Crippen LogP) is 8.05. The molecule has 60 heavy (non-hydrogen) atoms. The van der Waals surface area contributed by atoms with E-state index in [0.29, 0.717) is 25.0 Å². The van der Waals surface area contributed by atoms with Gasteiger partial charge in [0.05, 0.1) is 18.8 Å². The zero-order valence-electron chi connectivity index (χ0n) is 37.0. The molecule has 0 aromatic carbocycles. The molecule has 2 rings (SSSR count). The van der Waals surface area contributed by atoms with Crippen molar-refractivity contribution in [3.63, 3.8) is 0 Å². The molecule has 0 bridgehead atoms. The summed E-state index contributed by atoms with van der Waals surface area (Å²) < 4.78 is 39.4. The fourth-order valence-electron chi connectivity index (χ4n) is 7.60. The highest BCUT2D eigenvalue weighted by Crippen LogP contribution is 2.47. The molecule has 0 amide bonds. The van der Waals surface area contributed by atoms with E-state index in [1.54, 1.807) is 0 Å². The van der Waals surface area contributed by atoms with Crippen LogP contribution in [0.15, 0.2) is 12.2 Å². The molecule has 1 aliphatic carbocycles. The largest absolute Gasteiger partial charge is 0.472 e. The highest BCUT2D eigenvalue weighted by Gasteiger charge is 2.51. The van der Waals surface area contributed by atoms with Crippen LogP contribution in [0.3, 0.4) is 0 Å². The fraction of sp³-hybridized carbons (Fsp3) is 0.911. The summed E-state index contributed by atoms with van der Waals surface area (Å²) in [5, 5.41) is 50.2. The Morgan fingerprint density at radius 1 is 0.567 bits per heavy atom. The molecule has 2 aliphatic rings. The Labute approximate surface area is 360 Å². The van der Waals surface area contributed by atoms with Crippen LogP contribution in [0.2, 0.25) is 0 Å². The van der Waals surface area contributed by atoms with E-state index in [1.807, 2.05) is 0 Å². The van der Waals surface area contributed by atoms with Crippen molar-refractivity contribution in [2.75, 3.05) is 13.2 Å². The molecule has 8 unspecified atom stereocenters. The van der Waals surface area contributed by atoms with Crippen molar-refractivity contribution in [2.45, 2.75) is 249 Å². The first-order chi connectivity index (χ1) is 28.9. The zero-order chi connectivity index (χ0) is 44.0. The van der Waals surface area contributed by atoms with Crippen LogP contribution >= 0.6 is 7.82 Å². The number of unbranched alkanes of at least 4 members (excludes halogenated alkanes) is 20. The minimum absolute atomic E-state index is 0.0872. The van der Waals surface area contributed by atoms with Gasteiger partial charge in [0.2, 0.25) is 0 Å². The van der Waals surface area contributed by atoms with E-state index in [4.69, 9.17) is 23.3 Å². The number of phosphoric acid groups is 1. The average Bonchev–Trinajstić information content (AvgIpc) is 3.99. The van der Waals surface area contributed by atoms with E-state index in [2.05, 4.69) is 26.0 Å². The number of aliphatic hydroxyl groups is 5. The molecule has 1 heterocycles. The standard InChI is InChI=1S/C45H83O14P/c1-3-5-7-9-10-11-12-13-14-15-16-17-20-23-27-31-38(46)55-33-35(34-56-60(53,54)59-45-43(51)41(49)40(48)42(50)44(45)52)57-39(47)32-28-24-21-18-19-22-26-30-37-36(58-37)29-25-8-6-4-2/h13-14,35-37,40-45,48-52H,3-12,15-34H2,1-2H3,(H,53,54)/b14-13-. The number of epoxide rings is 1. The highest BCUT2D eigenvalue weighted by atomic mass is 31.2. The minimum Gasteiger partial charge on any atom is -0.462 e. The van der Waals surface area contributed by atoms with Gasteiger partial charge in [0.25, 0.3) is 0 Å². The molecule has 1 saturated heterocycles. The highest BCUT2D eigenvalue weighted by molar-refractivity contribution is 7.47. The monoisotopic (exact) mass is 879 g/mol. The summed E-state index contributed by atoms with van der Waals surface area (Å²) in [6.07, 6.45) is 21.4. The molecule has 2 fully saturated rings. The molecular formula is C45H83O14P. The van der Waals surface area contributed by atoms with E-state index in [9.17, 15) is 44.6 Å². The van der Waals surface area contributed by atoms with Crippen molar-refractivity contribution in [1.29, 1.82) is 0 Å². The van der Waals surface area contributed by atoms with Gasteiger partial charge in [-0.15, -0.1) is 0 Å². The van der Waals surface area contributed by atoms with E-state index >= 15 is 0 Å². The molecule has 0 aromatic rings. The molecule has 15 heteroatoms. The maximum atomic E-state index is 12.8. The number of hydrogen-bond acceptors (Lipinski definition) is 13. The van der Waals surface area contributed by atoms with Gasteiger partial charge in [0.15, 0.2) is 6.10 Å². The van der Waals surface area contributed by atoms with Gasteiger partial charge < -0.3 is 44.6 Å². The smallest absolute Gasteiger partial charge is 0.462 e. The summed E-state index contributed by atoms with van der Waals surface area (Å²) in [5.41, 5.74) is 0. The third-order valence-corrected chi connectivity index (χ3v) is 12.5. The first kappa shape index (κ1) is 54.7. The van der Waals surface area contributed by atoms with Gasteiger partial charge >= 0.3 is 19.8 Å². The lowest BCUT2D eigenvalue weighted by atomic mass is 9.85. The van der Waals surface area contributed by atoms with Crippen LogP contribution in [0.25, 0.3) is 0 Å². The minimum atomic E-state index is -5.12. The number of rotatable bonds is 38. The second-order valence-corrected chi connectivity index (χ2v) is 18.4. The first-order valence-electron chi connectivity index (χ1n) is 23.6. The van der Waals surface area contributed by atoms with Gasteiger partial charge in [-0.2, -0.15) is 0 Å². The van der Waals surface area contributed by atoms with Crippen molar-refractivity contribution in [3.8, 4) is 0 Å². The van der Waals surface area contributed by atoms with Crippen LogP contribution in [0.1, 0.15) is 194 Å². The molecule has 14 nitrogen and oxygen atoms in total. The lowest BCUT2D eigenvalue weighted by Gasteiger charge is -2.41. The van der Waals surface area contributed by atoms with Gasteiger partial charge in [0.1, 0.15) is 43.2 Å². The van der Waals surface area contributed by atoms with E-state index in [-0.39, 0.29) is 12.8 Å². The van der Waals surface area contributed by atoms with Crippen LogP contribution in [0.4, 0.5) is 0 Å². The summed E-state index contributed by atoms with van der Waals surface area (Å²) >= 11 is 0. The van der Waals surface area contributed by atoms with Crippen LogP contribution in [-0.2, 0) is 37.4 Å². The van der Waals surface area contributed by atoms with Crippen molar-refractivity contribution in [2.24, 2.45) is 0 Å². The number of carbonyl (C=O) groups excluding carboxylic acids is 2. The summed E-state index contributed by atoms with van der Waals surface area (Å²) in [7, 11) is -5.12. The van der Waals surface area contributed by atoms with Gasteiger partial charge in [-0.05, 0) is 51.4 Å². The van der Waals surface area contributed by atoms with Crippen LogP contribution in [-0.4, -0.2) is 111 Å². The second-order valence-electron chi connectivity index (χ2n) is 17.0. The third kappa shape index (κ3) is 25.0. The molecule has 6 N–H and O–H groups in total. The van der Waals surface area contributed by atoms with Crippen molar-refractivity contribution >= 4 is 19.8 Å². The Kier molecular flexibility index (Phi) is 30.2. The molecule has 352 valence electrons. The SMILES string of the molecule is CCCCCCCC/C=C\CCCCCCCC(=O)OCC(COP(=O)(O)OC1C(O)C(O)C(O)C(O)C1O)OC(=O)CCCCCCCCCC1OC1CCCCCC. The number of ether oxygens (including phenoxy) is 3. The topological polar surface area (TPSA) is 222 Å². The molecular weight excluding hydrogens is 795 g/mol. The second kappa shape index (κ2) is 33.1. The lowest BCUT2D eigenvalue weighted by molar-refractivity contribution is -0.220. The normalized spacial score (nSPS) is 25.6. The van der Waals surface area contributed by atoms with Gasteiger partial charge in [-0.1, -0.05) is 142 Å². The van der Waals surface area contributed by atoms with Crippen molar-refractivity contribution in [3.05, 3.63) is 12.2 Å². The van der Waals surface area contributed by atoms with E-state index < -0.39 is 75.7 Å². The van der Waals surface area contributed by atoms with Crippen LogP contribution in [0.5, 0.6) is 0 Å². The molecule has 1 aliphatic heterocycles. The Balaban J connectivity index is 1.70.